The lowest BCUT2D eigenvalue weighted by atomic mass is 9.99. The number of hydrogen-bond donors (Lipinski definition) is 1. The fourth-order valence-corrected chi connectivity index (χ4v) is 5.74. The fourth-order valence-electron chi connectivity index (χ4n) is 5.52. The molecule has 38 heavy (non-hydrogen) atoms. The summed E-state index contributed by atoms with van der Waals surface area (Å²) in [5.74, 6) is 0.479. The molecular formula is C29H31ClFN5O2. The standard InChI is InChI=1S/C29H31ClFN5O2/c1-17-14-27(33-18(2)32-17)36-12-10-20(11-13-36)35(3)29(38)23-16-22-19(15-25(23)31)8-9-26(22)34-28(37)21-6-4-5-7-24(21)30/h4-7,14-16,20,26H,8-13H2,1-3H3,(H,34,37)/t26-/m1/s1. The molecule has 7 nitrogen and oxygen atoms in total. The first kappa shape index (κ1) is 26.1. The van der Waals surface area contributed by atoms with E-state index in [1.54, 1.807) is 42.3 Å². The number of carbonyl (C=O) groups excluding carboxylic acids is 2. The summed E-state index contributed by atoms with van der Waals surface area (Å²) >= 11 is 6.19. The highest BCUT2D eigenvalue weighted by molar-refractivity contribution is 6.33. The Morgan fingerprint density at radius 3 is 2.50 bits per heavy atom. The minimum absolute atomic E-state index is 0.00819. The molecular weight excluding hydrogens is 505 g/mol. The minimum atomic E-state index is -0.525. The molecule has 0 spiro atoms. The van der Waals surface area contributed by atoms with Crippen molar-refractivity contribution < 1.29 is 14.0 Å². The zero-order valence-electron chi connectivity index (χ0n) is 21.8. The van der Waals surface area contributed by atoms with E-state index in [0.29, 0.717) is 23.4 Å². The van der Waals surface area contributed by atoms with Gasteiger partial charge in [0.1, 0.15) is 17.5 Å². The van der Waals surface area contributed by atoms with Gasteiger partial charge in [-0.25, -0.2) is 14.4 Å². The molecule has 1 aromatic heterocycles. The average Bonchev–Trinajstić information content (AvgIpc) is 3.28. The Balaban J connectivity index is 1.28. The summed E-state index contributed by atoms with van der Waals surface area (Å²) in [6.07, 6.45) is 2.78. The van der Waals surface area contributed by atoms with E-state index in [1.165, 1.54) is 6.07 Å². The van der Waals surface area contributed by atoms with E-state index in [9.17, 15) is 9.59 Å². The molecule has 3 aromatic rings. The van der Waals surface area contributed by atoms with Crippen LogP contribution in [0, 0.1) is 19.7 Å². The van der Waals surface area contributed by atoms with Crippen molar-refractivity contribution in [2.45, 2.75) is 51.6 Å². The third-order valence-corrected chi connectivity index (χ3v) is 7.90. The Labute approximate surface area is 227 Å². The van der Waals surface area contributed by atoms with Crippen LogP contribution >= 0.6 is 11.6 Å². The normalized spacial score (nSPS) is 17.3. The van der Waals surface area contributed by atoms with Crippen molar-refractivity contribution in [2.75, 3.05) is 25.0 Å². The van der Waals surface area contributed by atoms with Crippen molar-refractivity contribution in [3.63, 3.8) is 0 Å². The lowest BCUT2D eigenvalue weighted by molar-refractivity contribution is 0.0704. The zero-order valence-corrected chi connectivity index (χ0v) is 22.6. The van der Waals surface area contributed by atoms with Crippen LogP contribution < -0.4 is 10.2 Å². The number of halogens is 2. The van der Waals surface area contributed by atoms with Gasteiger partial charge in [-0.1, -0.05) is 23.7 Å². The zero-order chi connectivity index (χ0) is 27.0. The lowest BCUT2D eigenvalue weighted by Gasteiger charge is -2.37. The Bertz CT molecular complexity index is 1370. The van der Waals surface area contributed by atoms with E-state index in [0.717, 1.165) is 54.4 Å². The molecule has 1 aliphatic heterocycles. The Kier molecular flexibility index (Phi) is 7.34. The number of aromatic nitrogens is 2. The molecule has 1 aliphatic carbocycles. The molecule has 198 valence electrons. The number of hydrogen-bond acceptors (Lipinski definition) is 5. The summed E-state index contributed by atoms with van der Waals surface area (Å²) < 4.78 is 15.1. The molecule has 1 N–H and O–H groups in total. The van der Waals surface area contributed by atoms with Crippen LogP contribution in [0.4, 0.5) is 10.2 Å². The molecule has 1 atom stereocenters. The number of aryl methyl sites for hydroxylation is 3. The Hall–Kier alpha value is -3.52. The highest BCUT2D eigenvalue weighted by Gasteiger charge is 2.31. The van der Waals surface area contributed by atoms with Gasteiger partial charge in [-0.2, -0.15) is 0 Å². The summed E-state index contributed by atoms with van der Waals surface area (Å²) in [6.45, 7) is 5.34. The van der Waals surface area contributed by atoms with Crippen molar-refractivity contribution >= 4 is 29.2 Å². The first-order valence-corrected chi connectivity index (χ1v) is 13.3. The third kappa shape index (κ3) is 5.23. The van der Waals surface area contributed by atoms with E-state index in [2.05, 4.69) is 20.2 Å². The number of nitrogens with one attached hydrogen (secondary N) is 1. The summed E-state index contributed by atoms with van der Waals surface area (Å²) in [7, 11) is 1.74. The van der Waals surface area contributed by atoms with Crippen LogP contribution in [-0.4, -0.2) is 52.9 Å². The van der Waals surface area contributed by atoms with Gasteiger partial charge in [-0.05, 0) is 74.9 Å². The monoisotopic (exact) mass is 535 g/mol. The molecule has 0 unspecified atom stereocenters. The largest absolute Gasteiger partial charge is 0.356 e. The topological polar surface area (TPSA) is 78.4 Å². The smallest absolute Gasteiger partial charge is 0.256 e. The molecule has 0 bridgehead atoms. The average molecular weight is 536 g/mol. The van der Waals surface area contributed by atoms with Crippen LogP contribution in [0.5, 0.6) is 0 Å². The summed E-state index contributed by atoms with van der Waals surface area (Å²) in [5, 5.41) is 3.38. The van der Waals surface area contributed by atoms with Crippen LogP contribution in [0.25, 0.3) is 0 Å². The molecule has 0 radical (unpaired) electrons. The maximum absolute atomic E-state index is 15.1. The quantitative estimate of drug-likeness (QED) is 0.495. The van der Waals surface area contributed by atoms with Crippen LogP contribution in [0.2, 0.25) is 5.02 Å². The highest BCUT2D eigenvalue weighted by Crippen LogP contribution is 2.34. The van der Waals surface area contributed by atoms with Gasteiger partial charge in [0.05, 0.1) is 22.2 Å². The molecule has 0 saturated carbocycles. The molecule has 2 heterocycles. The minimum Gasteiger partial charge on any atom is -0.356 e. The number of rotatable bonds is 5. The van der Waals surface area contributed by atoms with E-state index in [4.69, 9.17) is 11.6 Å². The van der Waals surface area contributed by atoms with E-state index in [1.807, 2.05) is 19.9 Å². The van der Waals surface area contributed by atoms with Crippen LogP contribution in [0.3, 0.4) is 0 Å². The van der Waals surface area contributed by atoms with Gasteiger partial charge in [0.2, 0.25) is 0 Å². The first-order chi connectivity index (χ1) is 18.2. The van der Waals surface area contributed by atoms with E-state index < -0.39 is 5.82 Å². The number of fused-ring (bicyclic) bond motifs is 1. The second-order valence-electron chi connectivity index (χ2n) is 10.1. The number of amides is 2. The van der Waals surface area contributed by atoms with Gasteiger partial charge in [-0.15, -0.1) is 0 Å². The van der Waals surface area contributed by atoms with Gasteiger partial charge in [0.25, 0.3) is 11.8 Å². The van der Waals surface area contributed by atoms with Gasteiger partial charge < -0.3 is 15.1 Å². The van der Waals surface area contributed by atoms with Gasteiger partial charge >= 0.3 is 0 Å². The predicted molar refractivity (Wildman–Crippen MR) is 145 cm³/mol. The number of carbonyl (C=O) groups is 2. The molecule has 9 heteroatoms. The second-order valence-corrected chi connectivity index (χ2v) is 10.5. The summed E-state index contributed by atoms with van der Waals surface area (Å²) in [6, 6.07) is 11.6. The third-order valence-electron chi connectivity index (χ3n) is 7.57. The molecule has 5 rings (SSSR count). The molecule has 2 aromatic carbocycles. The Morgan fingerprint density at radius 1 is 1.05 bits per heavy atom. The molecule has 2 amide bonds. The van der Waals surface area contributed by atoms with Crippen molar-refractivity contribution in [3.05, 3.63) is 87.1 Å². The lowest BCUT2D eigenvalue weighted by Crippen LogP contribution is -2.46. The summed E-state index contributed by atoms with van der Waals surface area (Å²) in [5.41, 5.74) is 2.95. The first-order valence-electron chi connectivity index (χ1n) is 12.9. The van der Waals surface area contributed by atoms with Crippen LogP contribution in [-0.2, 0) is 6.42 Å². The number of benzene rings is 2. The van der Waals surface area contributed by atoms with Crippen LogP contribution in [0.15, 0.2) is 42.5 Å². The van der Waals surface area contributed by atoms with Crippen molar-refractivity contribution in [1.29, 1.82) is 0 Å². The van der Waals surface area contributed by atoms with Crippen molar-refractivity contribution in [2.24, 2.45) is 0 Å². The number of piperidine rings is 1. The van der Waals surface area contributed by atoms with E-state index >= 15 is 4.39 Å². The maximum atomic E-state index is 15.1. The molecule has 1 fully saturated rings. The maximum Gasteiger partial charge on any atom is 0.256 e. The van der Waals surface area contributed by atoms with Crippen molar-refractivity contribution in [1.82, 2.24) is 20.2 Å². The van der Waals surface area contributed by atoms with Crippen LogP contribution in [0.1, 0.15) is 68.7 Å². The highest BCUT2D eigenvalue weighted by atomic mass is 35.5. The van der Waals surface area contributed by atoms with Gasteiger partial charge in [0, 0.05) is 37.9 Å². The van der Waals surface area contributed by atoms with E-state index in [-0.39, 0.29) is 29.5 Å². The van der Waals surface area contributed by atoms with Gasteiger partial charge in [0.15, 0.2) is 0 Å². The second kappa shape index (κ2) is 10.7. The molecule has 2 aliphatic rings. The number of nitrogens with zero attached hydrogens (tertiary/aromatic N) is 4. The fraction of sp³-hybridized carbons (Fsp3) is 0.379. The molecule has 1 saturated heterocycles. The Morgan fingerprint density at radius 2 is 1.79 bits per heavy atom. The number of anilines is 1. The summed E-state index contributed by atoms with van der Waals surface area (Å²) in [4.78, 5) is 39.1. The SMILES string of the molecule is Cc1cc(N2CCC(N(C)C(=O)c3cc4c(cc3F)CC[C@H]4NC(=O)c3ccccc3Cl)CC2)nc(C)n1. The van der Waals surface area contributed by atoms with Gasteiger partial charge in [-0.3, -0.25) is 9.59 Å². The predicted octanol–water partition coefficient (Wildman–Crippen LogP) is 5.04. The van der Waals surface area contributed by atoms with Crippen molar-refractivity contribution in [3.8, 4) is 0 Å².